The Hall–Kier alpha value is -2.19. The van der Waals surface area contributed by atoms with Crippen LogP contribution in [-0.4, -0.2) is 67.4 Å². The molecule has 2 atom stereocenters. The van der Waals surface area contributed by atoms with Crippen LogP contribution in [0.1, 0.15) is 25.0 Å². The first-order valence-electron chi connectivity index (χ1n) is 8.57. The highest BCUT2D eigenvalue weighted by Crippen LogP contribution is 2.19. The third-order valence-electron chi connectivity index (χ3n) is 4.49. The molecule has 25 heavy (non-hydrogen) atoms. The maximum Gasteiger partial charge on any atom is 0.220 e. The molecule has 2 aromatic rings. The highest BCUT2D eigenvalue weighted by molar-refractivity contribution is 5.73. The van der Waals surface area contributed by atoms with E-state index in [4.69, 9.17) is 4.42 Å². The zero-order valence-corrected chi connectivity index (χ0v) is 14.7. The molecule has 1 aliphatic heterocycles. The Balaban J connectivity index is 1.53. The zero-order valence-electron chi connectivity index (χ0n) is 14.7. The first-order chi connectivity index (χ1) is 12.0. The lowest BCUT2D eigenvalue weighted by molar-refractivity contribution is -0.132. The number of likely N-dealkylation sites (tertiary alicyclic amines) is 1. The average molecular weight is 347 g/mol. The summed E-state index contributed by atoms with van der Waals surface area (Å²) in [6.45, 7) is 6.44. The largest absolute Gasteiger partial charge is 0.444 e. The number of oxazole rings is 1. The summed E-state index contributed by atoms with van der Waals surface area (Å²) in [5.41, 5.74) is 0. The van der Waals surface area contributed by atoms with Gasteiger partial charge in [0, 0.05) is 45.0 Å². The Labute approximate surface area is 147 Å². The van der Waals surface area contributed by atoms with Crippen molar-refractivity contribution in [3.63, 3.8) is 0 Å². The van der Waals surface area contributed by atoms with Gasteiger partial charge in [0.2, 0.25) is 11.8 Å². The van der Waals surface area contributed by atoms with E-state index in [1.807, 2.05) is 24.1 Å². The summed E-state index contributed by atoms with van der Waals surface area (Å²) in [4.78, 5) is 20.3. The highest BCUT2D eigenvalue weighted by Gasteiger charge is 2.31. The zero-order chi connectivity index (χ0) is 17.8. The fourth-order valence-electron chi connectivity index (χ4n) is 3.33. The molecule has 0 aliphatic carbocycles. The lowest BCUT2D eigenvalue weighted by Gasteiger charge is -2.27. The van der Waals surface area contributed by atoms with Crippen molar-refractivity contribution in [2.45, 2.75) is 45.5 Å². The van der Waals surface area contributed by atoms with Gasteiger partial charge in [0.1, 0.15) is 5.76 Å². The number of aliphatic hydroxyl groups excluding tert-OH is 1. The molecule has 3 rings (SSSR count). The molecule has 0 unspecified atom stereocenters. The summed E-state index contributed by atoms with van der Waals surface area (Å²) in [6.07, 6.45) is 5.60. The van der Waals surface area contributed by atoms with E-state index in [2.05, 4.69) is 15.0 Å². The molecular formula is C17H25N5O3. The van der Waals surface area contributed by atoms with Crippen molar-refractivity contribution in [1.82, 2.24) is 24.6 Å². The summed E-state index contributed by atoms with van der Waals surface area (Å²) in [7, 11) is 0. The summed E-state index contributed by atoms with van der Waals surface area (Å²) in [6, 6.07) is 1.95. The summed E-state index contributed by atoms with van der Waals surface area (Å²) in [5.74, 6) is 1.32. The highest BCUT2D eigenvalue weighted by atomic mass is 16.4. The van der Waals surface area contributed by atoms with Gasteiger partial charge >= 0.3 is 0 Å². The van der Waals surface area contributed by atoms with Crippen molar-refractivity contribution in [3.8, 4) is 0 Å². The molecule has 1 aliphatic rings. The minimum atomic E-state index is -0.487. The molecule has 1 N–H and O–H groups in total. The van der Waals surface area contributed by atoms with Gasteiger partial charge < -0.3 is 14.4 Å². The molecule has 0 bridgehead atoms. The van der Waals surface area contributed by atoms with Crippen LogP contribution in [0.3, 0.4) is 0 Å². The van der Waals surface area contributed by atoms with E-state index >= 15 is 0 Å². The number of β-amino-alcohol motifs (C(OH)–C–C–N with tert-alkyl or cyclic N) is 1. The molecular weight excluding hydrogens is 322 g/mol. The molecule has 0 radical (unpaired) electrons. The van der Waals surface area contributed by atoms with E-state index in [-0.39, 0.29) is 11.9 Å². The van der Waals surface area contributed by atoms with Gasteiger partial charge in [-0.1, -0.05) is 0 Å². The van der Waals surface area contributed by atoms with Crippen LogP contribution in [0.15, 0.2) is 29.1 Å². The van der Waals surface area contributed by atoms with Gasteiger partial charge in [-0.3, -0.25) is 14.4 Å². The van der Waals surface area contributed by atoms with Crippen LogP contribution in [0.4, 0.5) is 0 Å². The number of aliphatic hydroxyl groups is 1. The van der Waals surface area contributed by atoms with E-state index in [1.165, 1.54) is 0 Å². The number of aromatic nitrogens is 3. The number of rotatable bonds is 7. The maximum atomic E-state index is 12.1. The summed E-state index contributed by atoms with van der Waals surface area (Å²) in [5, 5.41) is 14.4. The second-order valence-electron chi connectivity index (χ2n) is 6.60. The van der Waals surface area contributed by atoms with Crippen LogP contribution in [0.5, 0.6) is 0 Å². The van der Waals surface area contributed by atoms with E-state index in [0.29, 0.717) is 25.5 Å². The van der Waals surface area contributed by atoms with E-state index in [9.17, 15) is 9.90 Å². The number of hydrogen-bond acceptors (Lipinski definition) is 6. The topological polar surface area (TPSA) is 87.6 Å². The van der Waals surface area contributed by atoms with Gasteiger partial charge in [-0.2, -0.15) is 5.10 Å². The number of hydrogen-bond donors (Lipinski definition) is 1. The fourth-order valence-corrected chi connectivity index (χ4v) is 3.33. The maximum absolute atomic E-state index is 12.1. The molecule has 136 valence electrons. The van der Waals surface area contributed by atoms with Crippen molar-refractivity contribution in [2.24, 2.45) is 0 Å². The van der Waals surface area contributed by atoms with Crippen LogP contribution in [-0.2, 0) is 17.9 Å². The molecule has 3 heterocycles. The Morgan fingerprint density at radius 2 is 2.36 bits per heavy atom. The molecule has 8 heteroatoms. The predicted octanol–water partition coefficient (Wildman–Crippen LogP) is 0.663. The standard InChI is InChI=1S/C17H25N5O3/c1-13-8-18-17(25-13)12-22(14(2)23)15-4-7-20(9-15)10-16(24)11-21-6-3-5-19-21/h3,5-6,8,15-16,24H,4,7,9-12H2,1-2H3/t15-,16+/m1/s1. The third-order valence-corrected chi connectivity index (χ3v) is 4.49. The minimum absolute atomic E-state index is 0.0137. The second-order valence-corrected chi connectivity index (χ2v) is 6.60. The number of nitrogens with zero attached hydrogens (tertiary/aromatic N) is 5. The normalized spacial score (nSPS) is 19.2. The van der Waals surface area contributed by atoms with Crippen molar-refractivity contribution in [3.05, 3.63) is 36.3 Å². The predicted molar refractivity (Wildman–Crippen MR) is 90.5 cm³/mol. The monoisotopic (exact) mass is 347 g/mol. The number of carbonyl (C=O) groups is 1. The van der Waals surface area contributed by atoms with Crippen LogP contribution in [0, 0.1) is 6.92 Å². The number of carbonyl (C=O) groups excluding carboxylic acids is 1. The van der Waals surface area contributed by atoms with Gasteiger partial charge in [0.25, 0.3) is 0 Å². The summed E-state index contributed by atoms with van der Waals surface area (Å²) < 4.78 is 7.23. The minimum Gasteiger partial charge on any atom is -0.444 e. The third kappa shape index (κ3) is 4.67. The van der Waals surface area contributed by atoms with E-state index < -0.39 is 6.10 Å². The van der Waals surface area contributed by atoms with Crippen LogP contribution >= 0.6 is 0 Å². The van der Waals surface area contributed by atoms with E-state index in [0.717, 1.165) is 25.3 Å². The van der Waals surface area contributed by atoms with Crippen LogP contribution in [0.2, 0.25) is 0 Å². The van der Waals surface area contributed by atoms with Gasteiger partial charge in [-0.15, -0.1) is 0 Å². The molecule has 8 nitrogen and oxygen atoms in total. The van der Waals surface area contributed by atoms with Crippen molar-refractivity contribution in [1.29, 1.82) is 0 Å². The van der Waals surface area contributed by atoms with E-state index in [1.54, 1.807) is 24.0 Å². The Bertz CT molecular complexity index is 684. The fraction of sp³-hybridized carbons (Fsp3) is 0.588. The average Bonchev–Trinajstić information content (AvgIpc) is 3.27. The molecule has 0 saturated carbocycles. The second kappa shape index (κ2) is 7.79. The van der Waals surface area contributed by atoms with Crippen LogP contribution in [0.25, 0.3) is 0 Å². The van der Waals surface area contributed by atoms with Gasteiger partial charge in [-0.25, -0.2) is 4.98 Å². The Morgan fingerprint density at radius 3 is 3.00 bits per heavy atom. The molecule has 0 spiro atoms. The first-order valence-corrected chi connectivity index (χ1v) is 8.57. The van der Waals surface area contributed by atoms with Crippen molar-refractivity contribution >= 4 is 5.91 Å². The van der Waals surface area contributed by atoms with Crippen molar-refractivity contribution in [2.75, 3.05) is 19.6 Å². The quantitative estimate of drug-likeness (QED) is 0.792. The lowest BCUT2D eigenvalue weighted by atomic mass is 10.2. The van der Waals surface area contributed by atoms with Gasteiger partial charge in [-0.05, 0) is 19.4 Å². The molecule has 0 aromatic carbocycles. The SMILES string of the molecule is CC(=O)N(Cc1ncc(C)o1)[C@@H]1CCN(C[C@H](O)Cn2cccn2)C1. The van der Waals surface area contributed by atoms with Gasteiger partial charge in [0.05, 0.1) is 25.4 Å². The summed E-state index contributed by atoms with van der Waals surface area (Å²) >= 11 is 0. The smallest absolute Gasteiger partial charge is 0.220 e. The molecule has 1 saturated heterocycles. The first kappa shape index (κ1) is 17.6. The molecule has 1 fully saturated rings. The Morgan fingerprint density at radius 1 is 1.52 bits per heavy atom. The molecule has 2 aromatic heterocycles. The Kier molecular flexibility index (Phi) is 5.50. The molecule has 1 amide bonds. The number of amides is 1. The lowest BCUT2D eigenvalue weighted by Crippen LogP contribution is -2.41. The number of aryl methyl sites for hydroxylation is 1. The van der Waals surface area contributed by atoms with Crippen molar-refractivity contribution < 1.29 is 14.3 Å². The van der Waals surface area contributed by atoms with Crippen LogP contribution < -0.4 is 0 Å². The van der Waals surface area contributed by atoms with Gasteiger partial charge in [0.15, 0.2) is 0 Å².